The summed E-state index contributed by atoms with van der Waals surface area (Å²) in [5.41, 5.74) is 8.23. The first kappa shape index (κ1) is 67.0. The molecule has 10 rings (SSSR count). The monoisotopic (exact) mass is 1250 g/mol. The number of urea groups is 1. The Kier molecular flexibility index (Phi) is 22.3. The highest BCUT2D eigenvalue weighted by atomic mass is 32.2. The van der Waals surface area contributed by atoms with Crippen molar-refractivity contribution in [3.05, 3.63) is 73.8 Å². The van der Waals surface area contributed by atoms with Crippen LogP contribution in [0.15, 0.2) is 88.6 Å². The van der Waals surface area contributed by atoms with E-state index in [4.69, 9.17) is 34.2 Å². The lowest BCUT2D eigenvalue weighted by Gasteiger charge is -2.24. The van der Waals surface area contributed by atoms with Gasteiger partial charge in [0.05, 0.1) is 28.1 Å². The van der Waals surface area contributed by atoms with Gasteiger partial charge in [-0.25, -0.2) is 65.8 Å². The normalized spacial score (nSPS) is 22.3. The molecule has 30 nitrogen and oxygen atoms in total. The van der Waals surface area contributed by atoms with Gasteiger partial charge in [0, 0.05) is 31.9 Å². The number of anilines is 3. The molecule has 87 heavy (non-hydrogen) atoms. The Morgan fingerprint density at radius 3 is 1.53 bits per heavy atom. The van der Waals surface area contributed by atoms with Crippen molar-refractivity contribution in [2.75, 3.05) is 42.5 Å². The van der Waals surface area contributed by atoms with E-state index in [1.807, 2.05) is 34.6 Å². The number of amides is 4. The smallest absolute Gasteiger partial charge is 0.324 e. The zero-order valence-electron chi connectivity index (χ0n) is 48.8. The molecule has 8 atom stereocenters. The van der Waals surface area contributed by atoms with E-state index in [0.29, 0.717) is 54.4 Å². The molecule has 0 bridgehead atoms. The van der Waals surface area contributed by atoms with Crippen LogP contribution in [0.4, 0.5) is 27.8 Å². The van der Waals surface area contributed by atoms with Gasteiger partial charge in [0.15, 0.2) is 64.7 Å². The Labute approximate surface area is 504 Å². The number of rotatable bonds is 21. The van der Waals surface area contributed by atoms with E-state index in [1.165, 1.54) is 73.6 Å². The van der Waals surface area contributed by atoms with Gasteiger partial charge in [-0.1, -0.05) is 47.0 Å². The number of fused-ring (bicyclic) bond motifs is 4. The van der Waals surface area contributed by atoms with Gasteiger partial charge in [-0.2, -0.15) is 4.99 Å². The summed E-state index contributed by atoms with van der Waals surface area (Å²) in [4.78, 5) is 77.0. The zero-order valence-corrected chi connectivity index (χ0v) is 50.4. The topological polar surface area (TPSA) is 390 Å². The number of carbonyl (C=O) groups excluding carboxylic acids is 4. The van der Waals surface area contributed by atoms with Gasteiger partial charge in [0.25, 0.3) is 11.8 Å². The van der Waals surface area contributed by atoms with Crippen molar-refractivity contribution in [3.8, 4) is 0 Å². The maximum Gasteiger partial charge on any atom is 0.324 e. The average molecular weight is 1250 g/mol. The summed E-state index contributed by atoms with van der Waals surface area (Å²) >= 11 is 0. The molecule has 8 N–H and O–H groups in total. The number of nitrogen functional groups attached to an aromatic ring is 1. The summed E-state index contributed by atoms with van der Waals surface area (Å²) in [5.74, 6) is -1.87. The molecule has 0 spiro atoms. The van der Waals surface area contributed by atoms with E-state index in [2.05, 4.69) is 72.5 Å². The number of nitrogens with two attached hydrogens (primary N) is 1. The predicted molar refractivity (Wildman–Crippen MR) is 317 cm³/mol. The van der Waals surface area contributed by atoms with Crippen molar-refractivity contribution in [2.24, 2.45) is 4.99 Å². The molecule has 0 radical (unpaired) electrons. The van der Waals surface area contributed by atoms with Crippen LogP contribution < -0.4 is 36.4 Å². The molecule has 4 aliphatic rings. The van der Waals surface area contributed by atoms with Crippen LogP contribution in [-0.4, -0.2) is 154 Å². The molecule has 6 aromatic rings. The number of hydrogen-bond donors (Lipinski definition) is 7. The lowest BCUT2D eigenvalue weighted by molar-refractivity contribution is -0.198. The molecule has 4 amide bonds. The number of unbranched alkanes of at least 4 members (excludes halogenated alkanes) is 4. The number of isocyanates is 1. The first-order valence-corrected chi connectivity index (χ1v) is 31.0. The lowest BCUT2D eigenvalue weighted by Crippen LogP contribution is -2.42. The molecule has 4 fully saturated rings. The van der Waals surface area contributed by atoms with E-state index in [-0.39, 0.29) is 46.2 Å². The average Bonchev–Trinajstić information content (AvgIpc) is 1.81. The van der Waals surface area contributed by atoms with Crippen molar-refractivity contribution in [1.29, 1.82) is 0 Å². The summed E-state index contributed by atoms with van der Waals surface area (Å²) in [7, 11) is -7.10. The lowest BCUT2D eigenvalue weighted by atomic mass is 10.1. The molecular formula is C55H76N16O14S2. The van der Waals surface area contributed by atoms with Crippen LogP contribution >= 0.6 is 0 Å². The van der Waals surface area contributed by atoms with Crippen molar-refractivity contribution in [3.63, 3.8) is 0 Å². The molecule has 4 aromatic heterocycles. The van der Waals surface area contributed by atoms with Crippen molar-refractivity contribution in [1.82, 2.24) is 59.1 Å². The molecule has 472 valence electrons. The number of carbonyl (C=O) groups is 3. The van der Waals surface area contributed by atoms with E-state index >= 15 is 0 Å². The summed E-state index contributed by atoms with van der Waals surface area (Å²) < 4.78 is 93.2. The number of ether oxygens (including phenoxy) is 6. The quantitative estimate of drug-likeness (QED) is 0.0276. The number of imidazole rings is 2. The van der Waals surface area contributed by atoms with Crippen LogP contribution in [0.1, 0.15) is 114 Å². The fraction of sp³-hybridized carbons (Fsp3) is 0.527. The highest BCUT2D eigenvalue weighted by molar-refractivity contribution is 7.89. The van der Waals surface area contributed by atoms with Crippen LogP contribution in [0.2, 0.25) is 0 Å². The predicted octanol–water partition coefficient (Wildman–Crippen LogP) is 5.21. The number of benzene rings is 2. The van der Waals surface area contributed by atoms with Crippen LogP contribution in [0.3, 0.4) is 0 Å². The first-order chi connectivity index (χ1) is 41.0. The summed E-state index contributed by atoms with van der Waals surface area (Å²) in [6, 6.07) is 11.0. The van der Waals surface area contributed by atoms with Gasteiger partial charge < -0.3 is 50.1 Å². The number of nitrogens with one attached hydrogen (secondary N) is 6. The van der Waals surface area contributed by atoms with Crippen LogP contribution in [0, 0.1) is 0 Å². The fourth-order valence-corrected chi connectivity index (χ4v) is 12.0. The van der Waals surface area contributed by atoms with Gasteiger partial charge in [-0.15, -0.1) is 0 Å². The zero-order chi connectivity index (χ0) is 62.0. The number of aromatic nitrogens is 8. The molecule has 4 aliphatic heterocycles. The second-order valence-corrected chi connectivity index (χ2v) is 24.5. The molecule has 0 aliphatic carbocycles. The number of likely N-dealkylation sites (N-methyl/N-ethyl adjacent to an activating group) is 2. The minimum Gasteiger partial charge on any atom is -0.382 e. The largest absolute Gasteiger partial charge is 0.382 e. The Morgan fingerprint density at radius 1 is 0.609 bits per heavy atom. The third-order valence-electron chi connectivity index (χ3n) is 13.7. The number of hydrogen-bond acceptors (Lipinski definition) is 22. The highest BCUT2D eigenvalue weighted by Crippen LogP contribution is 2.45. The van der Waals surface area contributed by atoms with E-state index in [9.17, 15) is 36.0 Å². The molecular weight excluding hydrogens is 1170 g/mol. The SMILES string of the molecule is C.CCCCCNS(=O)(=O)c1ccc(N=C=O)cc1.CCCCCNS(=O)(=O)c1ccc(NC(=O)Nc2ncnc3c2ncn3[C@@H]2O[C@H](C(=O)NCC)[C@H]3OC(C)(C)O[C@H]32)cc1.CCNC(=O)[C@H]1O[C@@H](n2cnc3c(N)ncnc32)[C@@H]2OC(C)(C)O[C@@H]21. The van der Waals surface area contributed by atoms with Gasteiger partial charge in [0.1, 0.15) is 42.6 Å². The van der Waals surface area contributed by atoms with Crippen LogP contribution in [-0.2, 0) is 62.9 Å². The molecule has 0 saturated carbocycles. The third-order valence-corrected chi connectivity index (χ3v) is 16.6. The van der Waals surface area contributed by atoms with Gasteiger partial charge in [-0.05, 0) is 103 Å². The van der Waals surface area contributed by atoms with Gasteiger partial charge in [-0.3, -0.25) is 24.0 Å². The van der Waals surface area contributed by atoms with Crippen LogP contribution in [0.25, 0.3) is 22.3 Å². The molecule has 8 heterocycles. The number of aliphatic imine (C=N–C) groups is 1. The minimum atomic E-state index is -3.64. The molecule has 32 heteroatoms. The summed E-state index contributed by atoms with van der Waals surface area (Å²) in [6.07, 6.45) is 7.28. The van der Waals surface area contributed by atoms with Gasteiger partial charge in [0.2, 0.25) is 26.1 Å². The number of sulfonamides is 2. The maximum absolute atomic E-state index is 12.8. The second kappa shape index (κ2) is 29.0. The summed E-state index contributed by atoms with van der Waals surface area (Å²) in [5, 5.41) is 10.9. The van der Waals surface area contributed by atoms with Crippen molar-refractivity contribution >= 4 is 89.3 Å². The van der Waals surface area contributed by atoms with E-state index in [0.717, 1.165) is 38.5 Å². The van der Waals surface area contributed by atoms with E-state index in [1.54, 1.807) is 29.3 Å². The first-order valence-electron chi connectivity index (χ1n) is 28.1. The van der Waals surface area contributed by atoms with Crippen molar-refractivity contribution < 1.29 is 64.4 Å². The molecule has 2 aromatic carbocycles. The minimum absolute atomic E-state index is 0. The Bertz CT molecular complexity index is 3620. The van der Waals surface area contributed by atoms with Crippen LogP contribution in [0.5, 0.6) is 0 Å². The highest BCUT2D eigenvalue weighted by Gasteiger charge is 2.59. The Balaban J connectivity index is 0.000000207. The second-order valence-electron chi connectivity index (χ2n) is 21.0. The Hall–Kier alpha value is -7.49. The third kappa shape index (κ3) is 16.0. The Morgan fingerprint density at radius 2 is 1.06 bits per heavy atom. The standard InChI is InChI=1S/C27H36N8O7S.C15H20N6O4.C12H16N2O3S.CH4/c1-5-7-8-13-32-43(38,39)17-11-9-16(10-12-17)33-26(37)34-22-18-23(30-14-29-22)35(15-31-18)25-21-19(41-27(3,4)42-21)20(40-25)24(36)28-6-2;1-4-17-13(22)9-8-10(25-15(2,3)24-8)14(23-9)21-6-20-7-11(16)18-5-19-12(7)21;1-2-3-4-9-14-18(16,17)12-7-5-11(6-8-12)13-10-15;/h9-12,14-15,19-21,25,32H,5-8,13H2,1-4H3,(H,28,36)(H2,29,30,33,34,37);5-6,8-10,14H,4H2,1-3H3,(H,17,22)(H2,16,18,19);5-8,14H,2-4,9H2,1H3;1H4/t19-,20+,21-,25-;8-,9+,10-,14-;;/m11../s1. The summed E-state index contributed by atoms with van der Waals surface area (Å²) in [6.45, 7) is 16.7. The maximum atomic E-state index is 12.8. The van der Waals surface area contributed by atoms with E-state index < -0.39 is 86.7 Å². The fourth-order valence-electron chi connectivity index (χ4n) is 9.83. The molecule has 4 saturated heterocycles. The number of nitrogens with zero attached hydrogens (tertiary/aromatic N) is 9. The molecule has 0 unspecified atom stereocenters. The van der Waals surface area contributed by atoms with Crippen molar-refractivity contribution in [2.45, 2.75) is 172 Å². The van der Waals surface area contributed by atoms with Gasteiger partial charge >= 0.3 is 6.03 Å².